The highest BCUT2D eigenvalue weighted by Crippen LogP contribution is 2.42. The largest absolute Gasteiger partial charge is 0.342 e. The first-order valence-corrected chi connectivity index (χ1v) is 10.5. The standard InChI is InChI=1S/C22H27N5O/c28-21-22(7-3-10-27(21)15-17-5-6-17)8-11-26(16-22)14-18-12-24-20(25-13-18)19-4-1-2-9-23-19/h1-2,4,9,12-13,17H,3,5-8,10-11,14-16H2/t22-/m1/s1. The summed E-state index contributed by atoms with van der Waals surface area (Å²) < 4.78 is 0. The summed E-state index contributed by atoms with van der Waals surface area (Å²) in [5.41, 5.74) is 1.73. The van der Waals surface area contributed by atoms with Crippen molar-refractivity contribution in [2.75, 3.05) is 26.2 Å². The molecule has 0 bridgehead atoms. The smallest absolute Gasteiger partial charge is 0.230 e. The fraction of sp³-hybridized carbons (Fsp3) is 0.545. The summed E-state index contributed by atoms with van der Waals surface area (Å²) in [6.07, 6.45) is 11.3. The molecular weight excluding hydrogens is 350 g/mol. The van der Waals surface area contributed by atoms with E-state index < -0.39 is 0 Å². The number of hydrogen-bond donors (Lipinski definition) is 0. The second-order valence-corrected chi connectivity index (χ2v) is 8.67. The van der Waals surface area contributed by atoms with Crippen LogP contribution in [0.25, 0.3) is 11.5 Å². The molecule has 4 heterocycles. The van der Waals surface area contributed by atoms with Gasteiger partial charge >= 0.3 is 0 Å². The van der Waals surface area contributed by atoms with Crippen molar-refractivity contribution in [1.29, 1.82) is 0 Å². The van der Waals surface area contributed by atoms with E-state index in [1.807, 2.05) is 30.6 Å². The Morgan fingerprint density at radius 1 is 1.07 bits per heavy atom. The van der Waals surface area contributed by atoms with E-state index in [9.17, 15) is 4.79 Å². The molecule has 1 amide bonds. The van der Waals surface area contributed by atoms with Crippen molar-refractivity contribution in [2.45, 2.75) is 38.6 Å². The summed E-state index contributed by atoms with van der Waals surface area (Å²) in [5, 5.41) is 0. The first kappa shape index (κ1) is 17.7. The highest BCUT2D eigenvalue weighted by Gasteiger charge is 2.48. The zero-order chi connectivity index (χ0) is 19.0. The number of carbonyl (C=O) groups is 1. The van der Waals surface area contributed by atoms with Crippen molar-refractivity contribution in [3.63, 3.8) is 0 Å². The predicted molar refractivity (Wildman–Crippen MR) is 106 cm³/mol. The van der Waals surface area contributed by atoms with Crippen molar-refractivity contribution in [3.05, 3.63) is 42.4 Å². The molecule has 2 saturated heterocycles. The number of likely N-dealkylation sites (tertiary alicyclic amines) is 2. The number of aromatic nitrogens is 3. The Labute approximate surface area is 166 Å². The number of rotatable bonds is 5. The third-order valence-electron chi connectivity index (χ3n) is 6.44. The SMILES string of the molecule is O=C1N(CC2CC2)CCC[C@]12CCN(Cc1cnc(-c3ccccn3)nc1)C2. The van der Waals surface area contributed by atoms with Crippen molar-refractivity contribution < 1.29 is 4.79 Å². The third-order valence-corrected chi connectivity index (χ3v) is 6.44. The van der Waals surface area contributed by atoms with Crippen LogP contribution in [0.2, 0.25) is 0 Å². The lowest BCUT2D eigenvalue weighted by Gasteiger charge is -2.39. The summed E-state index contributed by atoms with van der Waals surface area (Å²) in [4.78, 5) is 31.0. The van der Waals surface area contributed by atoms with E-state index in [1.165, 1.54) is 12.8 Å². The van der Waals surface area contributed by atoms with Crippen LogP contribution in [0.1, 0.15) is 37.7 Å². The van der Waals surface area contributed by atoms with E-state index in [0.717, 1.165) is 69.2 Å². The lowest BCUT2D eigenvalue weighted by Crippen LogP contribution is -2.50. The summed E-state index contributed by atoms with van der Waals surface area (Å²) in [7, 11) is 0. The predicted octanol–water partition coefficient (Wildman–Crippen LogP) is 2.76. The molecule has 1 aliphatic carbocycles. The highest BCUT2D eigenvalue weighted by atomic mass is 16.2. The van der Waals surface area contributed by atoms with Crippen LogP contribution in [0.15, 0.2) is 36.8 Å². The van der Waals surface area contributed by atoms with Gasteiger partial charge in [0.1, 0.15) is 5.69 Å². The van der Waals surface area contributed by atoms with Crippen LogP contribution in [0, 0.1) is 11.3 Å². The fourth-order valence-electron chi connectivity index (χ4n) is 4.73. The van der Waals surface area contributed by atoms with Gasteiger partial charge in [-0.3, -0.25) is 14.7 Å². The van der Waals surface area contributed by atoms with Gasteiger partial charge in [0.2, 0.25) is 5.91 Å². The van der Waals surface area contributed by atoms with Gasteiger partial charge < -0.3 is 4.90 Å². The molecule has 2 aromatic heterocycles. The molecular formula is C22H27N5O. The fourth-order valence-corrected chi connectivity index (χ4v) is 4.73. The first-order chi connectivity index (χ1) is 13.7. The van der Waals surface area contributed by atoms with Crippen LogP contribution in [-0.4, -0.2) is 56.8 Å². The van der Waals surface area contributed by atoms with Gasteiger partial charge in [-0.25, -0.2) is 9.97 Å². The Bertz CT molecular complexity index is 836. The van der Waals surface area contributed by atoms with E-state index in [0.29, 0.717) is 11.7 Å². The number of hydrogen-bond acceptors (Lipinski definition) is 5. The number of nitrogens with zero attached hydrogens (tertiary/aromatic N) is 5. The average Bonchev–Trinajstić information content (AvgIpc) is 3.46. The molecule has 0 radical (unpaired) electrons. The second-order valence-electron chi connectivity index (χ2n) is 8.67. The lowest BCUT2D eigenvalue weighted by molar-refractivity contribution is -0.145. The molecule has 3 fully saturated rings. The Hall–Kier alpha value is -2.34. The molecule has 2 aliphatic heterocycles. The van der Waals surface area contributed by atoms with Crippen molar-refractivity contribution in [2.24, 2.45) is 11.3 Å². The minimum Gasteiger partial charge on any atom is -0.342 e. The average molecular weight is 377 g/mol. The van der Waals surface area contributed by atoms with Gasteiger partial charge in [0.05, 0.1) is 5.41 Å². The molecule has 0 aromatic carbocycles. The summed E-state index contributed by atoms with van der Waals surface area (Å²) >= 11 is 0. The summed E-state index contributed by atoms with van der Waals surface area (Å²) in [5.74, 6) is 1.83. The third kappa shape index (κ3) is 3.53. The summed E-state index contributed by atoms with van der Waals surface area (Å²) in [6, 6.07) is 5.75. The van der Waals surface area contributed by atoms with Crippen LogP contribution in [0.4, 0.5) is 0 Å². The lowest BCUT2D eigenvalue weighted by atomic mass is 9.78. The van der Waals surface area contributed by atoms with Crippen molar-refractivity contribution in [3.8, 4) is 11.5 Å². The normalized spacial score (nSPS) is 25.6. The van der Waals surface area contributed by atoms with Gasteiger partial charge in [-0.2, -0.15) is 0 Å². The van der Waals surface area contributed by atoms with Crippen LogP contribution in [-0.2, 0) is 11.3 Å². The molecule has 0 unspecified atom stereocenters. The minimum atomic E-state index is -0.151. The Kier molecular flexibility index (Phi) is 4.59. The maximum Gasteiger partial charge on any atom is 0.230 e. The van der Waals surface area contributed by atoms with Crippen LogP contribution < -0.4 is 0 Å². The molecule has 5 rings (SSSR count). The first-order valence-electron chi connectivity index (χ1n) is 10.5. The summed E-state index contributed by atoms with van der Waals surface area (Å²) in [6.45, 7) is 4.60. The zero-order valence-electron chi connectivity index (χ0n) is 16.3. The maximum absolute atomic E-state index is 13.2. The van der Waals surface area contributed by atoms with Gasteiger partial charge in [0.25, 0.3) is 0 Å². The molecule has 28 heavy (non-hydrogen) atoms. The zero-order valence-corrected chi connectivity index (χ0v) is 16.3. The van der Waals surface area contributed by atoms with Crippen molar-refractivity contribution >= 4 is 5.91 Å². The van der Waals surface area contributed by atoms with Crippen LogP contribution in [0.3, 0.4) is 0 Å². The number of carbonyl (C=O) groups excluding carboxylic acids is 1. The molecule has 146 valence electrons. The Morgan fingerprint density at radius 2 is 1.93 bits per heavy atom. The number of pyridine rings is 1. The molecule has 6 heteroatoms. The van der Waals surface area contributed by atoms with E-state index in [-0.39, 0.29) is 5.41 Å². The minimum absolute atomic E-state index is 0.151. The number of amides is 1. The maximum atomic E-state index is 13.2. The van der Waals surface area contributed by atoms with E-state index in [2.05, 4.69) is 24.8 Å². The van der Waals surface area contributed by atoms with Crippen LogP contribution in [0.5, 0.6) is 0 Å². The van der Waals surface area contributed by atoms with E-state index >= 15 is 0 Å². The van der Waals surface area contributed by atoms with E-state index in [1.54, 1.807) is 6.20 Å². The van der Waals surface area contributed by atoms with Crippen LogP contribution >= 0.6 is 0 Å². The van der Waals surface area contributed by atoms with Gasteiger partial charge in [0.15, 0.2) is 5.82 Å². The molecule has 6 nitrogen and oxygen atoms in total. The molecule has 0 N–H and O–H groups in total. The molecule has 1 saturated carbocycles. The quantitative estimate of drug-likeness (QED) is 0.802. The molecule has 1 atom stereocenters. The van der Waals surface area contributed by atoms with Crippen molar-refractivity contribution in [1.82, 2.24) is 24.8 Å². The molecule has 3 aliphatic rings. The topological polar surface area (TPSA) is 62.2 Å². The van der Waals surface area contributed by atoms with E-state index in [4.69, 9.17) is 0 Å². The van der Waals surface area contributed by atoms with Gasteiger partial charge in [-0.15, -0.1) is 0 Å². The second kappa shape index (κ2) is 7.24. The molecule has 1 spiro atoms. The van der Waals surface area contributed by atoms with Gasteiger partial charge in [0, 0.05) is 50.3 Å². The Morgan fingerprint density at radius 3 is 2.68 bits per heavy atom. The van der Waals surface area contributed by atoms with Gasteiger partial charge in [-0.1, -0.05) is 6.07 Å². The van der Waals surface area contributed by atoms with Gasteiger partial charge in [-0.05, 0) is 56.7 Å². The molecule has 2 aromatic rings. The monoisotopic (exact) mass is 377 g/mol. The Balaban J connectivity index is 1.23. The number of piperidine rings is 1. The highest BCUT2D eigenvalue weighted by molar-refractivity contribution is 5.84.